The normalized spacial score (nSPS) is 10.4. The third-order valence-corrected chi connectivity index (χ3v) is 3.12. The van der Waals surface area contributed by atoms with Gasteiger partial charge < -0.3 is 9.64 Å². The number of rotatable bonds is 6. The fraction of sp³-hybridized carbons (Fsp3) is 0.462. The Morgan fingerprint density at radius 3 is 2.78 bits per heavy atom. The number of hydrogen-bond donors (Lipinski definition) is 0. The van der Waals surface area contributed by atoms with Crippen molar-refractivity contribution in [1.29, 1.82) is 0 Å². The first-order valence-corrected chi connectivity index (χ1v) is 7.21. The van der Waals surface area contributed by atoms with Crippen molar-refractivity contribution in [1.82, 2.24) is 4.90 Å². The Labute approximate surface area is 121 Å². The van der Waals surface area contributed by atoms with Crippen LogP contribution in [0.25, 0.3) is 0 Å². The van der Waals surface area contributed by atoms with Crippen LogP contribution in [-0.4, -0.2) is 42.9 Å². The monoisotopic (exact) mass is 333 g/mol. The first kappa shape index (κ1) is 15.5. The first-order chi connectivity index (χ1) is 8.56. The molecule has 1 amide bonds. The van der Waals surface area contributed by atoms with Gasteiger partial charge in [0, 0.05) is 29.5 Å². The van der Waals surface area contributed by atoms with E-state index in [9.17, 15) is 4.79 Å². The van der Waals surface area contributed by atoms with Crippen LogP contribution in [0, 0.1) is 6.92 Å². The molecule has 0 bridgehead atoms. The van der Waals surface area contributed by atoms with Crippen LogP contribution in [0.1, 0.15) is 15.9 Å². The zero-order valence-electron chi connectivity index (χ0n) is 10.6. The molecule has 0 unspecified atom stereocenters. The van der Waals surface area contributed by atoms with Crippen LogP contribution in [0.5, 0.6) is 0 Å². The number of halogens is 2. The Morgan fingerprint density at radius 1 is 1.44 bits per heavy atom. The molecule has 0 aliphatic heterocycles. The molecular weight excluding hydrogens is 318 g/mol. The van der Waals surface area contributed by atoms with Crippen molar-refractivity contribution in [3.8, 4) is 0 Å². The van der Waals surface area contributed by atoms with Gasteiger partial charge in [-0.1, -0.05) is 27.5 Å². The van der Waals surface area contributed by atoms with Gasteiger partial charge in [0.2, 0.25) is 0 Å². The molecule has 100 valence electrons. The van der Waals surface area contributed by atoms with Crippen LogP contribution in [0.3, 0.4) is 0 Å². The summed E-state index contributed by atoms with van der Waals surface area (Å²) in [5, 5.41) is 1.45. The predicted molar refractivity (Wildman–Crippen MR) is 77.8 cm³/mol. The van der Waals surface area contributed by atoms with Gasteiger partial charge in [0.25, 0.3) is 5.91 Å². The molecule has 1 rings (SSSR count). The van der Waals surface area contributed by atoms with Crippen molar-refractivity contribution in [2.45, 2.75) is 6.92 Å². The van der Waals surface area contributed by atoms with Gasteiger partial charge in [0.15, 0.2) is 0 Å². The van der Waals surface area contributed by atoms with Crippen molar-refractivity contribution in [2.75, 3.05) is 32.1 Å². The quantitative estimate of drug-likeness (QED) is 0.591. The van der Waals surface area contributed by atoms with Gasteiger partial charge in [-0.3, -0.25) is 4.79 Å². The lowest BCUT2D eigenvalue weighted by Crippen LogP contribution is -2.30. The molecule has 0 aliphatic rings. The molecular formula is C13H17BrClNO2. The average molecular weight is 335 g/mol. The summed E-state index contributed by atoms with van der Waals surface area (Å²) in [5.74, 6) is -0.00777. The minimum atomic E-state index is -0.00777. The van der Waals surface area contributed by atoms with Crippen molar-refractivity contribution < 1.29 is 9.53 Å². The van der Waals surface area contributed by atoms with E-state index in [0.29, 0.717) is 30.3 Å². The van der Waals surface area contributed by atoms with E-state index >= 15 is 0 Å². The lowest BCUT2D eigenvalue weighted by molar-refractivity contribution is 0.0712. The smallest absolute Gasteiger partial charge is 0.253 e. The molecule has 1 aromatic carbocycles. The standard InChI is InChI=1S/C13H17BrClNO2/c1-10-9-11(15)3-4-12(10)13(17)16(2)6-8-18-7-5-14/h3-4,9H,5-8H2,1-2H3. The number of carbonyl (C=O) groups excluding carboxylic acids is 1. The second kappa shape index (κ2) is 7.77. The summed E-state index contributed by atoms with van der Waals surface area (Å²) in [6.07, 6.45) is 0. The maximum Gasteiger partial charge on any atom is 0.253 e. The van der Waals surface area contributed by atoms with Crippen LogP contribution in [-0.2, 0) is 4.74 Å². The summed E-state index contributed by atoms with van der Waals surface area (Å²) in [7, 11) is 1.77. The zero-order chi connectivity index (χ0) is 13.5. The Hall–Kier alpha value is -0.580. The fourth-order valence-electron chi connectivity index (χ4n) is 1.53. The largest absolute Gasteiger partial charge is 0.379 e. The molecule has 3 nitrogen and oxygen atoms in total. The lowest BCUT2D eigenvalue weighted by Gasteiger charge is -2.18. The highest BCUT2D eigenvalue weighted by molar-refractivity contribution is 9.09. The van der Waals surface area contributed by atoms with E-state index in [1.165, 1.54) is 0 Å². The average Bonchev–Trinajstić information content (AvgIpc) is 2.33. The molecule has 0 N–H and O–H groups in total. The highest BCUT2D eigenvalue weighted by Crippen LogP contribution is 2.16. The van der Waals surface area contributed by atoms with Gasteiger partial charge in [-0.05, 0) is 30.7 Å². The highest BCUT2D eigenvalue weighted by atomic mass is 79.9. The fourth-order valence-corrected chi connectivity index (χ4v) is 1.99. The minimum Gasteiger partial charge on any atom is -0.379 e. The maximum atomic E-state index is 12.2. The van der Waals surface area contributed by atoms with Gasteiger partial charge in [-0.25, -0.2) is 0 Å². The van der Waals surface area contributed by atoms with E-state index in [4.69, 9.17) is 16.3 Å². The van der Waals surface area contributed by atoms with Gasteiger partial charge in [0.1, 0.15) is 0 Å². The Bertz CT molecular complexity index is 412. The molecule has 0 spiro atoms. The number of alkyl halides is 1. The number of likely N-dealkylation sites (N-methyl/N-ethyl adjacent to an activating group) is 1. The highest BCUT2D eigenvalue weighted by Gasteiger charge is 2.13. The van der Waals surface area contributed by atoms with Crippen LogP contribution in [0.15, 0.2) is 18.2 Å². The number of ether oxygens (including phenoxy) is 1. The SMILES string of the molecule is Cc1cc(Cl)ccc1C(=O)N(C)CCOCCBr. The molecule has 5 heteroatoms. The van der Waals surface area contributed by atoms with Crippen LogP contribution in [0.4, 0.5) is 0 Å². The molecule has 1 aromatic rings. The molecule has 18 heavy (non-hydrogen) atoms. The first-order valence-electron chi connectivity index (χ1n) is 5.71. The van der Waals surface area contributed by atoms with Crippen molar-refractivity contribution >= 4 is 33.4 Å². The van der Waals surface area contributed by atoms with Crippen molar-refractivity contribution in [3.63, 3.8) is 0 Å². The van der Waals surface area contributed by atoms with Gasteiger partial charge in [-0.15, -0.1) is 0 Å². The van der Waals surface area contributed by atoms with E-state index in [2.05, 4.69) is 15.9 Å². The number of benzene rings is 1. The maximum absolute atomic E-state index is 12.2. The second-order valence-corrected chi connectivity index (χ2v) is 5.22. The third-order valence-electron chi connectivity index (χ3n) is 2.56. The summed E-state index contributed by atoms with van der Waals surface area (Å²) >= 11 is 9.15. The minimum absolute atomic E-state index is 0.00777. The molecule has 0 radical (unpaired) electrons. The number of amides is 1. The van der Waals surface area contributed by atoms with Crippen molar-refractivity contribution in [3.05, 3.63) is 34.3 Å². The molecule has 0 heterocycles. The second-order valence-electron chi connectivity index (χ2n) is 3.99. The molecule has 0 aliphatic carbocycles. The van der Waals surface area contributed by atoms with Gasteiger partial charge >= 0.3 is 0 Å². The van der Waals surface area contributed by atoms with Gasteiger partial charge in [0.05, 0.1) is 13.2 Å². The summed E-state index contributed by atoms with van der Waals surface area (Å²) < 4.78 is 5.33. The van der Waals surface area contributed by atoms with Crippen LogP contribution < -0.4 is 0 Å². The van der Waals surface area contributed by atoms with Crippen molar-refractivity contribution in [2.24, 2.45) is 0 Å². The topological polar surface area (TPSA) is 29.5 Å². The zero-order valence-corrected chi connectivity index (χ0v) is 12.9. The van der Waals surface area contributed by atoms with E-state index in [1.807, 2.05) is 6.92 Å². The predicted octanol–water partition coefficient (Wildman–Crippen LogP) is 3.13. The van der Waals surface area contributed by atoms with Crippen LogP contribution in [0.2, 0.25) is 5.02 Å². The van der Waals surface area contributed by atoms with Gasteiger partial charge in [-0.2, -0.15) is 0 Å². The Balaban J connectivity index is 2.57. The summed E-state index contributed by atoms with van der Waals surface area (Å²) in [6.45, 7) is 3.66. The molecule has 0 atom stereocenters. The summed E-state index contributed by atoms with van der Waals surface area (Å²) in [6, 6.07) is 5.29. The lowest BCUT2D eigenvalue weighted by atomic mass is 10.1. The molecule has 0 saturated carbocycles. The Kier molecular flexibility index (Phi) is 6.68. The van der Waals surface area contributed by atoms with E-state index in [-0.39, 0.29) is 5.91 Å². The van der Waals surface area contributed by atoms with E-state index in [1.54, 1.807) is 30.1 Å². The summed E-state index contributed by atoms with van der Waals surface area (Å²) in [4.78, 5) is 13.8. The Morgan fingerprint density at radius 2 is 2.17 bits per heavy atom. The third kappa shape index (κ3) is 4.59. The van der Waals surface area contributed by atoms with E-state index in [0.717, 1.165) is 10.9 Å². The van der Waals surface area contributed by atoms with E-state index < -0.39 is 0 Å². The summed E-state index contributed by atoms with van der Waals surface area (Å²) in [5.41, 5.74) is 1.57. The number of carbonyl (C=O) groups is 1. The number of nitrogens with zero attached hydrogens (tertiary/aromatic N) is 1. The molecule has 0 fully saturated rings. The van der Waals surface area contributed by atoms with Crippen LogP contribution >= 0.6 is 27.5 Å². The molecule has 0 aromatic heterocycles. The number of aryl methyl sites for hydroxylation is 1. The number of hydrogen-bond acceptors (Lipinski definition) is 2. The molecule has 0 saturated heterocycles.